The molecule has 11 heavy (non-hydrogen) atoms. The van der Waals surface area contributed by atoms with Crippen LogP contribution >= 0.6 is 0 Å². The average Bonchev–Trinajstić information content (AvgIpc) is 1.12. The van der Waals surface area contributed by atoms with Gasteiger partial charge in [-0.3, -0.25) is 0 Å². The molecule has 0 heterocycles. The molecule has 0 amide bonds. The second kappa shape index (κ2) is 6.28. The maximum atomic E-state index is 9.08. The van der Waals surface area contributed by atoms with Crippen LogP contribution < -0.4 is 0 Å². The topological polar surface area (TPSA) is 114 Å². The number of hydrogen-bond donors (Lipinski definition) is 0. The summed E-state index contributed by atoms with van der Waals surface area (Å²) < 4.78 is 54.5. The molecule has 0 saturated carbocycles. The summed E-state index contributed by atoms with van der Waals surface area (Å²) in [6, 6.07) is 0. The Morgan fingerprint density at radius 2 is 0.818 bits per heavy atom. The van der Waals surface area contributed by atoms with E-state index in [1.807, 2.05) is 0 Å². The summed E-state index contributed by atoms with van der Waals surface area (Å²) in [5.74, 6) is 0. The van der Waals surface area contributed by atoms with E-state index < -0.39 is 20.2 Å². The Hall–Kier alpha value is 0.742. The first-order valence-electron chi connectivity index (χ1n) is 1.82. The fourth-order valence-electron chi connectivity index (χ4n) is 0. The van der Waals surface area contributed by atoms with Gasteiger partial charge in [0, 0.05) is 39.8 Å². The molecule has 0 N–H and O–H groups in total. The van der Waals surface area contributed by atoms with Crippen molar-refractivity contribution >= 4 is 47.5 Å². The predicted octanol–water partition coefficient (Wildman–Crippen LogP) is -2.06. The maximum absolute atomic E-state index is 9.08. The van der Waals surface area contributed by atoms with Crippen molar-refractivity contribution in [2.45, 2.75) is 0 Å². The Balaban J connectivity index is -0.000000107. The van der Waals surface area contributed by atoms with Crippen LogP contribution in [0.5, 0.6) is 0 Å². The van der Waals surface area contributed by atoms with Crippen LogP contribution in [-0.2, 0) is 20.2 Å². The molecule has 0 unspecified atom stereocenters. The summed E-state index contributed by atoms with van der Waals surface area (Å²) in [7, 11) is -7.83. The van der Waals surface area contributed by atoms with Crippen LogP contribution in [0.3, 0.4) is 0 Å². The summed E-state index contributed by atoms with van der Waals surface area (Å²) >= 11 is 0. The molecule has 68 valence electrons. The Kier molecular flexibility index (Phi) is 10.1. The van der Waals surface area contributed by atoms with Crippen LogP contribution in [0.2, 0.25) is 0 Å². The summed E-state index contributed by atoms with van der Waals surface area (Å²) in [4.78, 5) is 0. The van der Waals surface area contributed by atoms with E-state index in [9.17, 15) is 0 Å². The van der Waals surface area contributed by atoms with E-state index in [-0.39, 0.29) is 27.3 Å². The van der Waals surface area contributed by atoms with Crippen LogP contribution in [0, 0.1) is 0 Å². The molecule has 0 rings (SSSR count). The Labute approximate surface area is 85.6 Å². The zero-order valence-corrected chi connectivity index (χ0v) is 11.3. The van der Waals surface area contributed by atoms with Crippen LogP contribution in [-0.4, -0.2) is 65.8 Å². The molecule has 0 aliphatic rings. The first kappa shape index (κ1) is 17.7. The molecule has 0 saturated heterocycles. The van der Waals surface area contributed by atoms with Gasteiger partial charge in [0.1, 0.15) is 0 Å². The average molecular weight is 397 g/mol. The fraction of sp³-hybridized carbons (Fsp3) is 1.00. The molecule has 0 aliphatic heterocycles. The minimum Gasteiger partial charge on any atom is -0.748 e. The molecule has 0 aliphatic carbocycles. The molecule has 6 nitrogen and oxygen atoms in total. The normalized spacial score (nSPS) is 10.5. The zero-order chi connectivity index (χ0) is 9.00. The quantitative estimate of drug-likeness (QED) is 0.343. The minimum atomic E-state index is -3.92. The van der Waals surface area contributed by atoms with Crippen molar-refractivity contribution in [2.24, 2.45) is 0 Å². The van der Waals surface area contributed by atoms with Gasteiger partial charge in [-0.1, -0.05) is 0 Å². The van der Waals surface area contributed by atoms with Crippen LogP contribution in [0.1, 0.15) is 0 Å². The van der Waals surface area contributed by atoms with Gasteiger partial charge in [-0.05, 0) is 0 Å². The molecule has 0 bridgehead atoms. The second-order valence-electron chi connectivity index (χ2n) is 1.41. The standard InChI is InChI=1S/2CH4O3S.Pb/c2*1-5(2,3)4;/h2*1H3,(H,2,3,4);/p-2. The van der Waals surface area contributed by atoms with Crippen LogP contribution in [0.15, 0.2) is 0 Å². The van der Waals surface area contributed by atoms with E-state index in [4.69, 9.17) is 25.9 Å². The van der Waals surface area contributed by atoms with Crippen LogP contribution in [0.25, 0.3) is 0 Å². The Bertz CT molecular complexity index is 215. The van der Waals surface area contributed by atoms with Gasteiger partial charge >= 0.3 is 0 Å². The van der Waals surface area contributed by atoms with E-state index in [1.54, 1.807) is 0 Å². The zero-order valence-electron chi connectivity index (χ0n) is 5.77. The SMILES string of the molecule is CS(=O)(=O)[O-].CS(=O)(=O)[O-].[Pb]. The summed E-state index contributed by atoms with van der Waals surface area (Å²) in [6.07, 6.45) is 1.21. The van der Waals surface area contributed by atoms with Gasteiger partial charge in [0.05, 0.1) is 20.2 Å². The largest absolute Gasteiger partial charge is 0.748 e. The second-order valence-corrected chi connectivity index (χ2v) is 4.22. The Morgan fingerprint density at radius 3 is 0.818 bits per heavy atom. The van der Waals surface area contributed by atoms with Crippen molar-refractivity contribution in [2.75, 3.05) is 12.5 Å². The van der Waals surface area contributed by atoms with E-state index in [0.717, 1.165) is 0 Å². The number of rotatable bonds is 0. The molecule has 0 fully saturated rings. The molecule has 0 aromatic carbocycles. The third-order valence-corrected chi connectivity index (χ3v) is 0. The first-order valence-corrected chi connectivity index (χ1v) is 5.45. The molecule has 0 atom stereocenters. The smallest absolute Gasteiger partial charge is 0.0916 e. The molecular weight excluding hydrogens is 391 g/mol. The maximum Gasteiger partial charge on any atom is 0.0916 e. The predicted molar refractivity (Wildman–Crippen MR) is 37.0 cm³/mol. The van der Waals surface area contributed by atoms with Gasteiger partial charge in [-0.2, -0.15) is 0 Å². The first-order chi connectivity index (χ1) is 4.00. The van der Waals surface area contributed by atoms with E-state index in [2.05, 4.69) is 0 Å². The summed E-state index contributed by atoms with van der Waals surface area (Å²) in [5.41, 5.74) is 0. The van der Waals surface area contributed by atoms with Crippen molar-refractivity contribution < 1.29 is 25.9 Å². The van der Waals surface area contributed by atoms with Gasteiger partial charge in [-0.15, -0.1) is 0 Å². The van der Waals surface area contributed by atoms with E-state index in [1.165, 1.54) is 0 Å². The third-order valence-electron chi connectivity index (χ3n) is 0. The van der Waals surface area contributed by atoms with Gasteiger partial charge in [-0.25, -0.2) is 16.8 Å². The number of hydrogen-bond acceptors (Lipinski definition) is 6. The van der Waals surface area contributed by atoms with Gasteiger partial charge in [0.2, 0.25) is 0 Å². The fourth-order valence-corrected chi connectivity index (χ4v) is 0. The molecule has 0 spiro atoms. The van der Waals surface area contributed by atoms with Crippen molar-refractivity contribution in [1.29, 1.82) is 0 Å². The van der Waals surface area contributed by atoms with Crippen molar-refractivity contribution in [3.8, 4) is 0 Å². The molecule has 4 radical (unpaired) electrons. The molecule has 9 heteroatoms. The van der Waals surface area contributed by atoms with Crippen molar-refractivity contribution in [3.63, 3.8) is 0 Å². The van der Waals surface area contributed by atoms with E-state index >= 15 is 0 Å². The van der Waals surface area contributed by atoms with Crippen molar-refractivity contribution in [1.82, 2.24) is 0 Å². The van der Waals surface area contributed by atoms with Crippen LogP contribution in [0.4, 0.5) is 0 Å². The van der Waals surface area contributed by atoms with E-state index in [0.29, 0.717) is 12.5 Å². The third kappa shape index (κ3) is 1490. The summed E-state index contributed by atoms with van der Waals surface area (Å²) in [6.45, 7) is 0. The summed E-state index contributed by atoms with van der Waals surface area (Å²) in [5, 5.41) is 0. The monoisotopic (exact) mass is 398 g/mol. The molecule has 0 aromatic rings. The van der Waals surface area contributed by atoms with Gasteiger partial charge in [0.25, 0.3) is 0 Å². The molecular formula is C2H6O6PbS2-2. The molecule has 0 aromatic heterocycles. The van der Waals surface area contributed by atoms with Gasteiger partial charge in [0.15, 0.2) is 0 Å². The minimum absolute atomic E-state index is 0. The van der Waals surface area contributed by atoms with Gasteiger partial charge < -0.3 is 9.11 Å². The van der Waals surface area contributed by atoms with Crippen molar-refractivity contribution in [3.05, 3.63) is 0 Å². The Morgan fingerprint density at radius 1 is 0.818 bits per heavy atom.